The van der Waals surface area contributed by atoms with Crippen LogP contribution in [-0.4, -0.2) is 78.3 Å². The van der Waals surface area contributed by atoms with Crippen LogP contribution in [0.1, 0.15) is 75.9 Å². The van der Waals surface area contributed by atoms with Gasteiger partial charge in [0, 0.05) is 42.9 Å². The van der Waals surface area contributed by atoms with Gasteiger partial charge in [-0.1, -0.05) is 20.8 Å². The van der Waals surface area contributed by atoms with Crippen LogP contribution in [0.25, 0.3) is 0 Å². The van der Waals surface area contributed by atoms with Gasteiger partial charge in [-0.15, -0.1) is 11.3 Å². The molecule has 3 aliphatic rings. The Morgan fingerprint density at radius 3 is 2.49 bits per heavy atom. The molecule has 6 atom stereocenters. The molecule has 4 rings (SSSR count). The van der Waals surface area contributed by atoms with E-state index >= 15 is 0 Å². The van der Waals surface area contributed by atoms with Crippen LogP contribution in [0.4, 0.5) is 0 Å². The highest BCUT2D eigenvalue weighted by atomic mass is 32.2. The quantitative estimate of drug-likeness (QED) is 0.649. The molecule has 0 radical (unpaired) electrons. The van der Waals surface area contributed by atoms with Crippen molar-refractivity contribution in [1.82, 2.24) is 14.8 Å². The summed E-state index contributed by atoms with van der Waals surface area (Å²) >= 11 is 1.53. The number of rotatable bonds is 4. The average Bonchev–Trinajstić information content (AvgIpc) is 3.13. The number of likely N-dealkylation sites (N-methyl/N-ethyl adjacent to an activating group) is 1. The van der Waals surface area contributed by atoms with Gasteiger partial charge in [0.05, 0.1) is 16.5 Å². The van der Waals surface area contributed by atoms with Crippen LogP contribution in [0.15, 0.2) is 0 Å². The highest BCUT2D eigenvalue weighted by Crippen LogP contribution is 2.57. The van der Waals surface area contributed by atoms with Crippen molar-refractivity contribution in [2.24, 2.45) is 23.2 Å². The Bertz CT molecular complexity index is 1060. The summed E-state index contributed by atoms with van der Waals surface area (Å²) in [4.78, 5) is 23.5. The molecule has 0 bridgehead atoms. The zero-order chi connectivity index (χ0) is 25.9. The Morgan fingerprint density at radius 1 is 1.26 bits per heavy atom. The van der Waals surface area contributed by atoms with E-state index in [0.717, 1.165) is 51.1 Å². The third-order valence-electron chi connectivity index (χ3n) is 9.06. The summed E-state index contributed by atoms with van der Waals surface area (Å²) in [7, 11) is -1.23. The molecule has 1 amide bonds. The lowest BCUT2D eigenvalue weighted by Crippen LogP contribution is -2.55. The minimum Gasteiger partial charge on any atom is -0.392 e. The second-order valence-corrected chi connectivity index (χ2v) is 16.5. The molecular formula is C26H43N3O4S2. The summed E-state index contributed by atoms with van der Waals surface area (Å²) in [6, 6.07) is 0. The Balaban J connectivity index is 1.54. The minimum atomic E-state index is -3.31. The number of fused-ring (bicyclic) bond motifs is 2. The third-order valence-corrected chi connectivity index (χ3v) is 12.8. The summed E-state index contributed by atoms with van der Waals surface area (Å²) in [5.74, 6) is -0.124. The van der Waals surface area contributed by atoms with E-state index in [0.29, 0.717) is 5.01 Å². The van der Waals surface area contributed by atoms with Crippen molar-refractivity contribution in [3.63, 3.8) is 0 Å². The molecule has 2 heterocycles. The van der Waals surface area contributed by atoms with Crippen LogP contribution >= 0.6 is 11.3 Å². The zero-order valence-corrected chi connectivity index (χ0v) is 24.0. The number of thiazole rings is 1. The molecule has 0 aromatic carbocycles. The van der Waals surface area contributed by atoms with E-state index in [2.05, 4.69) is 25.8 Å². The summed E-state index contributed by atoms with van der Waals surface area (Å²) < 4.78 is 24.8. The topological polar surface area (TPSA) is 90.8 Å². The Hall–Kier alpha value is -1.03. The zero-order valence-electron chi connectivity index (χ0n) is 22.4. The molecule has 198 valence electrons. The smallest absolute Gasteiger partial charge is 0.225 e. The number of piperazine rings is 1. The van der Waals surface area contributed by atoms with Crippen molar-refractivity contribution in [2.75, 3.05) is 33.2 Å². The molecule has 2 aliphatic carbocycles. The fourth-order valence-corrected chi connectivity index (χ4v) is 9.23. The van der Waals surface area contributed by atoms with Crippen molar-refractivity contribution in [3.05, 3.63) is 15.6 Å². The van der Waals surface area contributed by atoms with E-state index in [1.165, 1.54) is 16.2 Å². The van der Waals surface area contributed by atoms with Gasteiger partial charge in [-0.2, -0.15) is 0 Å². The van der Waals surface area contributed by atoms with Crippen molar-refractivity contribution < 1.29 is 18.3 Å². The SMILES string of the molecule is C[C@H](C(=O)N1CCN(C)CC1)[C@@H]1CC[C@@]2(C)Cc3sc(CS(=O)(=O)C(C)(C)C)nc3[C@@H](C)[C@@H]2[C@H]1O. The largest absolute Gasteiger partial charge is 0.392 e. The van der Waals surface area contributed by atoms with E-state index in [1.807, 2.05) is 11.8 Å². The van der Waals surface area contributed by atoms with Gasteiger partial charge in [-0.25, -0.2) is 13.4 Å². The second kappa shape index (κ2) is 9.37. The standard InChI is InChI=1S/C26H43N3O4S2/c1-16(24(31)29-12-10-28(7)11-13-29)18-8-9-26(6)14-19-22(17(2)21(26)23(18)30)27-20(34-19)15-35(32,33)25(3,4)5/h16-18,21,23,30H,8-15H2,1-7H3/t16-,17-,18-,21+,23-,26-/m0/s1. The maximum Gasteiger partial charge on any atom is 0.225 e. The number of carbonyl (C=O) groups is 1. The number of sulfone groups is 1. The van der Waals surface area contributed by atoms with E-state index in [1.54, 1.807) is 20.8 Å². The predicted molar refractivity (Wildman–Crippen MR) is 140 cm³/mol. The number of carbonyl (C=O) groups excluding carboxylic acids is 1. The molecule has 35 heavy (non-hydrogen) atoms. The van der Waals surface area contributed by atoms with Crippen molar-refractivity contribution in [2.45, 2.75) is 83.3 Å². The predicted octanol–water partition coefficient (Wildman–Crippen LogP) is 3.32. The van der Waals surface area contributed by atoms with Crippen LogP contribution in [0.3, 0.4) is 0 Å². The lowest BCUT2D eigenvalue weighted by Gasteiger charge is -2.53. The molecule has 9 heteroatoms. The molecule has 2 fully saturated rings. The monoisotopic (exact) mass is 525 g/mol. The fraction of sp³-hybridized carbons (Fsp3) is 0.846. The maximum atomic E-state index is 13.3. The number of nitrogens with zero attached hydrogens (tertiary/aromatic N) is 3. The molecular weight excluding hydrogens is 482 g/mol. The van der Waals surface area contributed by atoms with Crippen molar-refractivity contribution in [3.8, 4) is 0 Å². The first kappa shape index (κ1) is 27.0. The normalized spacial score (nSPS) is 33.2. The lowest BCUT2D eigenvalue weighted by molar-refractivity contribution is -0.146. The van der Waals surface area contributed by atoms with Crippen LogP contribution in [0.5, 0.6) is 0 Å². The average molecular weight is 526 g/mol. The van der Waals surface area contributed by atoms with Crippen LogP contribution < -0.4 is 0 Å². The second-order valence-electron chi connectivity index (χ2n) is 12.5. The van der Waals surface area contributed by atoms with E-state index < -0.39 is 20.7 Å². The Labute approximate surface area is 215 Å². The maximum absolute atomic E-state index is 13.3. The number of amides is 1. The van der Waals surface area contributed by atoms with E-state index in [9.17, 15) is 18.3 Å². The van der Waals surface area contributed by atoms with Crippen LogP contribution in [0.2, 0.25) is 0 Å². The summed E-state index contributed by atoms with van der Waals surface area (Å²) in [5, 5.41) is 12.3. The molecule has 1 aliphatic heterocycles. The Morgan fingerprint density at radius 2 is 1.89 bits per heavy atom. The van der Waals surface area contributed by atoms with Gasteiger partial charge in [0.1, 0.15) is 10.8 Å². The molecule has 7 nitrogen and oxygen atoms in total. The highest BCUT2D eigenvalue weighted by Gasteiger charge is 2.54. The van der Waals surface area contributed by atoms with Gasteiger partial charge >= 0.3 is 0 Å². The van der Waals surface area contributed by atoms with Gasteiger partial charge in [-0.05, 0) is 64.3 Å². The van der Waals surface area contributed by atoms with Crippen molar-refractivity contribution in [1.29, 1.82) is 0 Å². The summed E-state index contributed by atoms with van der Waals surface area (Å²) in [6.45, 7) is 14.9. The highest BCUT2D eigenvalue weighted by molar-refractivity contribution is 7.92. The molecule has 1 N–H and O–H groups in total. The molecule has 0 spiro atoms. The number of hydrogen-bond donors (Lipinski definition) is 1. The summed E-state index contributed by atoms with van der Waals surface area (Å²) in [6.07, 6.45) is 2.03. The molecule has 1 aromatic rings. The first-order chi connectivity index (χ1) is 16.1. The van der Waals surface area contributed by atoms with Gasteiger partial charge in [0.15, 0.2) is 9.84 Å². The van der Waals surface area contributed by atoms with Crippen LogP contribution in [0, 0.1) is 23.2 Å². The van der Waals surface area contributed by atoms with Crippen LogP contribution in [-0.2, 0) is 26.8 Å². The van der Waals surface area contributed by atoms with Crippen molar-refractivity contribution >= 4 is 27.1 Å². The van der Waals surface area contributed by atoms with Gasteiger partial charge < -0.3 is 14.9 Å². The van der Waals surface area contributed by atoms with Gasteiger partial charge in [-0.3, -0.25) is 4.79 Å². The number of hydrogen-bond acceptors (Lipinski definition) is 7. The summed E-state index contributed by atoms with van der Waals surface area (Å²) in [5.41, 5.74) is 0.875. The fourth-order valence-electron chi connectivity index (χ4n) is 6.54. The molecule has 1 saturated carbocycles. The lowest BCUT2D eigenvalue weighted by atomic mass is 9.53. The first-order valence-corrected chi connectivity index (χ1v) is 15.5. The Kier molecular flexibility index (Phi) is 7.23. The van der Waals surface area contributed by atoms with E-state index in [-0.39, 0.29) is 40.7 Å². The first-order valence-electron chi connectivity index (χ1n) is 13.0. The van der Waals surface area contributed by atoms with Gasteiger partial charge in [0.2, 0.25) is 5.91 Å². The van der Waals surface area contributed by atoms with E-state index in [4.69, 9.17) is 4.98 Å². The number of aliphatic hydroxyl groups excluding tert-OH is 1. The molecule has 0 unspecified atom stereocenters. The number of aliphatic hydroxyl groups is 1. The molecule has 1 aromatic heterocycles. The number of aromatic nitrogens is 1. The van der Waals surface area contributed by atoms with Gasteiger partial charge in [0.25, 0.3) is 0 Å². The molecule has 1 saturated heterocycles. The third kappa shape index (κ3) is 4.94. The minimum absolute atomic E-state index is 0.00524.